The molecule has 0 aliphatic carbocycles. The molecule has 0 unspecified atom stereocenters. The highest BCUT2D eigenvalue weighted by atomic mass is 19.4. The molecular formula is C29H37F5N6O. The highest BCUT2D eigenvalue weighted by Crippen LogP contribution is 2.36. The lowest BCUT2D eigenvalue weighted by Gasteiger charge is -2.33. The van der Waals surface area contributed by atoms with Gasteiger partial charge in [0.1, 0.15) is 17.5 Å². The molecule has 3 rings (SSSR count). The van der Waals surface area contributed by atoms with Gasteiger partial charge in [-0.1, -0.05) is 0 Å². The fraction of sp³-hybridized carbons (Fsp3) is 0.379. The average Bonchev–Trinajstić information content (AvgIpc) is 3.35. The predicted octanol–water partition coefficient (Wildman–Crippen LogP) is 6.79. The van der Waals surface area contributed by atoms with Gasteiger partial charge >= 0.3 is 6.18 Å². The van der Waals surface area contributed by atoms with Crippen LogP contribution in [-0.4, -0.2) is 58.6 Å². The number of hydrogen-bond acceptors (Lipinski definition) is 5. The molecule has 1 aliphatic rings. The number of anilines is 2. The first-order chi connectivity index (χ1) is 19.4. The van der Waals surface area contributed by atoms with Crippen molar-refractivity contribution in [2.45, 2.75) is 45.8 Å². The molecule has 2 heterocycles. The number of hydrogen-bond donors (Lipinski definition) is 3. The number of carbonyl (C=O) groups excluding carboxylic acids is 1. The molecule has 0 spiro atoms. The molecule has 0 saturated heterocycles. The molecular weight excluding hydrogens is 543 g/mol. The fourth-order valence-corrected chi connectivity index (χ4v) is 4.23. The maximum atomic E-state index is 14.7. The SMILES string of the molecule is C=C.CCN(CCNc1cn[nH]c1C)/C1=C/C/C([C@@H](C)Nc2ccc(F)cc2C(F)(F)F)=C\C(F)=C/CC(=O)N1C. The first-order valence-corrected chi connectivity index (χ1v) is 13.1. The summed E-state index contributed by atoms with van der Waals surface area (Å²) in [4.78, 5) is 16.2. The Hall–Kier alpha value is -4.09. The minimum atomic E-state index is -4.78. The van der Waals surface area contributed by atoms with Crippen molar-refractivity contribution in [3.05, 3.63) is 90.1 Å². The Balaban J connectivity index is 0.00000287. The number of aryl methyl sites for hydroxylation is 1. The van der Waals surface area contributed by atoms with Gasteiger partial charge in [-0.15, -0.1) is 13.2 Å². The Morgan fingerprint density at radius 3 is 2.49 bits per heavy atom. The van der Waals surface area contributed by atoms with Crippen LogP contribution in [-0.2, 0) is 11.0 Å². The van der Waals surface area contributed by atoms with Gasteiger partial charge in [0, 0.05) is 44.8 Å². The Morgan fingerprint density at radius 1 is 1.17 bits per heavy atom. The number of aromatic nitrogens is 2. The monoisotopic (exact) mass is 580 g/mol. The standard InChI is InChI=1S/C27H33F5N6O.C2H4/c1-5-38(13-12-33-24-16-34-36-18(24)3)25-10-6-19(14-20(28)8-11-26(39)37(25)4)17(2)35-23-9-7-21(29)15-22(23)27(30,31)32;1-2/h7-10,14-17,33,35H,5-6,11-13H2,1-4H3,(H,34,36);1-2H2/b19-14+,20-8+,25-10+;/t17-;/m1./s1. The van der Waals surface area contributed by atoms with Crippen LogP contribution in [0.15, 0.2) is 73.0 Å². The van der Waals surface area contributed by atoms with E-state index in [4.69, 9.17) is 0 Å². The van der Waals surface area contributed by atoms with E-state index in [1.54, 1.807) is 26.2 Å². The maximum Gasteiger partial charge on any atom is 0.418 e. The number of amides is 1. The van der Waals surface area contributed by atoms with Gasteiger partial charge in [-0.3, -0.25) is 9.89 Å². The second-order valence-corrected chi connectivity index (χ2v) is 9.20. The first kappa shape index (κ1) is 33.1. The third-order valence-electron chi connectivity index (χ3n) is 6.48. The number of benzene rings is 1. The Bertz CT molecular complexity index is 1270. The van der Waals surface area contributed by atoms with Gasteiger partial charge in [0.15, 0.2) is 0 Å². The highest BCUT2D eigenvalue weighted by Gasteiger charge is 2.34. The number of alkyl halides is 3. The molecule has 0 bridgehead atoms. The lowest BCUT2D eigenvalue weighted by molar-refractivity contribution is -0.137. The van der Waals surface area contributed by atoms with Crippen molar-refractivity contribution in [2.75, 3.05) is 37.3 Å². The van der Waals surface area contributed by atoms with E-state index in [-0.39, 0.29) is 24.4 Å². The van der Waals surface area contributed by atoms with E-state index in [1.165, 1.54) is 11.0 Å². The Labute approximate surface area is 237 Å². The van der Waals surface area contributed by atoms with Gasteiger partial charge in [-0.05, 0) is 69.2 Å². The molecule has 0 radical (unpaired) electrons. The summed E-state index contributed by atoms with van der Waals surface area (Å²) < 4.78 is 68.8. The Morgan fingerprint density at radius 2 is 1.88 bits per heavy atom. The normalized spacial score (nSPS) is 18.9. The highest BCUT2D eigenvalue weighted by molar-refractivity contribution is 5.79. The lowest BCUT2D eigenvalue weighted by Crippen LogP contribution is -2.39. The number of likely N-dealkylation sites (N-methyl/N-ethyl adjacent to an activating group) is 1. The van der Waals surface area contributed by atoms with Crippen LogP contribution in [0.3, 0.4) is 0 Å². The topological polar surface area (TPSA) is 76.3 Å². The van der Waals surface area contributed by atoms with Gasteiger partial charge < -0.3 is 20.4 Å². The van der Waals surface area contributed by atoms with Crippen LogP contribution in [0.4, 0.5) is 33.3 Å². The van der Waals surface area contributed by atoms with E-state index in [9.17, 15) is 26.7 Å². The molecule has 1 aromatic heterocycles. The zero-order valence-corrected chi connectivity index (χ0v) is 23.7. The van der Waals surface area contributed by atoms with Crippen LogP contribution in [0.25, 0.3) is 0 Å². The molecule has 0 fully saturated rings. The number of rotatable bonds is 9. The van der Waals surface area contributed by atoms with E-state index < -0.39 is 29.4 Å². The summed E-state index contributed by atoms with van der Waals surface area (Å²) in [5.41, 5.74) is 0.740. The van der Waals surface area contributed by atoms with Crippen LogP contribution in [0.5, 0.6) is 0 Å². The molecule has 1 aliphatic heterocycles. The van der Waals surface area contributed by atoms with E-state index in [0.29, 0.717) is 37.1 Å². The van der Waals surface area contributed by atoms with Gasteiger partial charge in [0.2, 0.25) is 5.91 Å². The van der Waals surface area contributed by atoms with Crippen molar-refractivity contribution in [1.29, 1.82) is 0 Å². The number of H-pyrrole nitrogens is 1. The molecule has 1 aromatic carbocycles. The minimum absolute atomic E-state index is 0.149. The van der Waals surface area contributed by atoms with Crippen molar-refractivity contribution in [3.8, 4) is 0 Å². The van der Waals surface area contributed by atoms with Crippen molar-refractivity contribution >= 4 is 17.3 Å². The zero-order valence-electron chi connectivity index (χ0n) is 23.7. The molecule has 12 heteroatoms. The molecule has 1 amide bonds. The van der Waals surface area contributed by atoms with E-state index in [1.807, 2.05) is 18.7 Å². The fourth-order valence-electron chi connectivity index (χ4n) is 4.23. The largest absolute Gasteiger partial charge is 0.418 e. The number of nitrogens with zero attached hydrogens (tertiary/aromatic N) is 3. The van der Waals surface area contributed by atoms with E-state index >= 15 is 0 Å². The van der Waals surface area contributed by atoms with Gasteiger partial charge in [0.25, 0.3) is 0 Å². The molecule has 1 atom stereocenters. The minimum Gasteiger partial charge on any atom is -0.381 e. The number of aromatic amines is 1. The van der Waals surface area contributed by atoms with Gasteiger partial charge in [0.05, 0.1) is 23.1 Å². The number of nitrogens with one attached hydrogen (secondary N) is 3. The summed E-state index contributed by atoms with van der Waals surface area (Å²) >= 11 is 0. The van der Waals surface area contributed by atoms with Crippen LogP contribution in [0, 0.1) is 12.7 Å². The smallest absolute Gasteiger partial charge is 0.381 e. The van der Waals surface area contributed by atoms with Gasteiger partial charge in [-0.25, -0.2) is 8.78 Å². The third kappa shape index (κ3) is 9.22. The van der Waals surface area contributed by atoms with Crippen molar-refractivity contribution < 1.29 is 26.7 Å². The second kappa shape index (κ2) is 15.1. The summed E-state index contributed by atoms with van der Waals surface area (Å²) in [6.07, 6.45) is 1.000. The summed E-state index contributed by atoms with van der Waals surface area (Å²) in [7, 11) is 1.61. The second-order valence-electron chi connectivity index (χ2n) is 9.20. The van der Waals surface area contributed by atoms with Crippen LogP contribution in [0.1, 0.15) is 37.9 Å². The number of halogens is 5. The molecule has 41 heavy (non-hydrogen) atoms. The van der Waals surface area contributed by atoms with Crippen LogP contribution in [0.2, 0.25) is 0 Å². The molecule has 3 N–H and O–H groups in total. The van der Waals surface area contributed by atoms with E-state index in [2.05, 4.69) is 34.0 Å². The van der Waals surface area contributed by atoms with E-state index in [0.717, 1.165) is 29.6 Å². The lowest BCUT2D eigenvalue weighted by atomic mass is 10.0. The summed E-state index contributed by atoms with van der Waals surface area (Å²) in [5, 5.41) is 12.9. The Kier molecular flexibility index (Phi) is 12.2. The van der Waals surface area contributed by atoms with Crippen LogP contribution < -0.4 is 10.6 Å². The third-order valence-corrected chi connectivity index (χ3v) is 6.48. The average molecular weight is 581 g/mol. The quantitative estimate of drug-likeness (QED) is 0.225. The molecule has 0 saturated carbocycles. The van der Waals surface area contributed by atoms with Crippen LogP contribution >= 0.6 is 0 Å². The summed E-state index contributed by atoms with van der Waals surface area (Å²) in [5.74, 6) is -1.39. The summed E-state index contributed by atoms with van der Waals surface area (Å²) in [6, 6.07) is 1.63. The maximum absolute atomic E-state index is 14.7. The number of allylic oxidation sites excluding steroid dienone is 3. The molecule has 2 aromatic rings. The van der Waals surface area contributed by atoms with Crippen molar-refractivity contribution in [1.82, 2.24) is 20.0 Å². The van der Waals surface area contributed by atoms with Gasteiger partial charge in [-0.2, -0.15) is 18.3 Å². The molecule has 7 nitrogen and oxygen atoms in total. The molecule has 224 valence electrons. The van der Waals surface area contributed by atoms with Crippen molar-refractivity contribution in [2.24, 2.45) is 0 Å². The number of carbonyl (C=O) groups is 1. The first-order valence-electron chi connectivity index (χ1n) is 13.1. The summed E-state index contributed by atoms with van der Waals surface area (Å²) in [6.45, 7) is 13.1. The predicted molar refractivity (Wildman–Crippen MR) is 152 cm³/mol. The van der Waals surface area contributed by atoms with Crippen molar-refractivity contribution in [3.63, 3.8) is 0 Å². The zero-order chi connectivity index (χ0) is 30.7.